The number of aromatic amines is 2. The van der Waals surface area contributed by atoms with Gasteiger partial charge in [-0.25, -0.2) is 4.98 Å². The predicted octanol–water partition coefficient (Wildman–Crippen LogP) is 5.81. The van der Waals surface area contributed by atoms with Gasteiger partial charge < -0.3 is 4.98 Å². The molecule has 5 aromatic rings. The van der Waals surface area contributed by atoms with Crippen LogP contribution >= 0.6 is 0 Å². The van der Waals surface area contributed by atoms with Crippen molar-refractivity contribution < 1.29 is 4.98 Å². The Kier molecular flexibility index (Phi) is 3.47. The van der Waals surface area contributed by atoms with E-state index in [0.29, 0.717) is 0 Å². The molecule has 1 aliphatic heterocycles. The number of hydrogen-bond acceptors (Lipinski definition) is 1. The number of hydrogen-bond donors (Lipinski definition) is 1. The van der Waals surface area contributed by atoms with E-state index in [1.165, 1.54) is 38.4 Å². The number of aliphatic imine (C=N–C) groups is 1. The SMILES string of the molecule is C1=Nc2ccccc2C1=C(c1cccc2c[nH+]ccc12)c1c[nH]c2ccccc12. The Balaban J connectivity index is 1.76. The second kappa shape index (κ2) is 6.28. The second-order valence-corrected chi connectivity index (χ2v) is 7.26. The van der Waals surface area contributed by atoms with Crippen LogP contribution in [-0.2, 0) is 0 Å². The summed E-state index contributed by atoms with van der Waals surface area (Å²) in [5.41, 5.74) is 8.09. The van der Waals surface area contributed by atoms with Crippen molar-refractivity contribution in [3.63, 3.8) is 0 Å². The minimum Gasteiger partial charge on any atom is -0.361 e. The van der Waals surface area contributed by atoms with Gasteiger partial charge in [-0.2, -0.15) is 0 Å². The molecule has 0 fully saturated rings. The number of pyridine rings is 1. The maximum absolute atomic E-state index is 4.70. The standard InChI is InChI=1S/C26H17N3/c1-3-10-24-19(7-1)22(15-28-24)26(23-16-29-25-11-4-2-8-20(23)25)21-9-5-6-17-14-27-13-12-18(17)21/h1-16,28H/p+1. The third kappa shape index (κ3) is 2.44. The number of benzene rings is 3. The molecule has 0 saturated heterocycles. The highest BCUT2D eigenvalue weighted by atomic mass is 14.8. The van der Waals surface area contributed by atoms with Crippen LogP contribution in [0.3, 0.4) is 0 Å². The molecule has 136 valence electrons. The van der Waals surface area contributed by atoms with Crippen molar-refractivity contribution in [1.29, 1.82) is 0 Å². The lowest BCUT2D eigenvalue weighted by Gasteiger charge is -2.14. The molecule has 1 aliphatic rings. The smallest absolute Gasteiger partial charge is 0.174 e. The molecule has 0 unspecified atom stereocenters. The average Bonchev–Trinajstić information content (AvgIpc) is 3.40. The lowest BCUT2D eigenvalue weighted by Crippen LogP contribution is -2.00. The highest BCUT2D eigenvalue weighted by Gasteiger charge is 2.22. The minimum absolute atomic E-state index is 1.02. The highest BCUT2D eigenvalue weighted by molar-refractivity contribution is 6.29. The fraction of sp³-hybridized carbons (Fsp3) is 0. The first-order chi connectivity index (χ1) is 14.4. The van der Waals surface area contributed by atoms with Crippen LogP contribution in [0.2, 0.25) is 0 Å². The van der Waals surface area contributed by atoms with Crippen LogP contribution in [0, 0.1) is 0 Å². The molecule has 0 radical (unpaired) electrons. The molecule has 0 bridgehead atoms. The van der Waals surface area contributed by atoms with Crippen LogP contribution in [0.25, 0.3) is 32.8 Å². The number of rotatable bonds is 2. The van der Waals surface area contributed by atoms with E-state index < -0.39 is 0 Å². The zero-order chi connectivity index (χ0) is 19.2. The predicted molar refractivity (Wildman–Crippen MR) is 119 cm³/mol. The molecule has 29 heavy (non-hydrogen) atoms. The molecule has 3 heterocycles. The second-order valence-electron chi connectivity index (χ2n) is 7.26. The monoisotopic (exact) mass is 372 g/mol. The van der Waals surface area contributed by atoms with E-state index in [1.54, 1.807) is 0 Å². The van der Waals surface area contributed by atoms with Crippen molar-refractivity contribution in [1.82, 2.24) is 4.98 Å². The first-order valence-electron chi connectivity index (χ1n) is 9.73. The number of aromatic nitrogens is 2. The minimum atomic E-state index is 1.02. The number of nitrogens with zero attached hydrogens (tertiary/aromatic N) is 1. The zero-order valence-corrected chi connectivity index (χ0v) is 15.7. The van der Waals surface area contributed by atoms with Gasteiger partial charge in [0.2, 0.25) is 0 Å². The van der Waals surface area contributed by atoms with Gasteiger partial charge in [-0.15, -0.1) is 0 Å². The molecule has 2 N–H and O–H groups in total. The summed E-state index contributed by atoms with van der Waals surface area (Å²) < 4.78 is 0. The van der Waals surface area contributed by atoms with Gasteiger partial charge in [0.05, 0.1) is 5.69 Å². The van der Waals surface area contributed by atoms with Crippen molar-refractivity contribution in [2.24, 2.45) is 4.99 Å². The summed E-state index contributed by atoms with van der Waals surface area (Å²) in [4.78, 5) is 11.3. The van der Waals surface area contributed by atoms with Gasteiger partial charge in [-0.05, 0) is 23.8 Å². The molecule has 3 heteroatoms. The van der Waals surface area contributed by atoms with Crippen LogP contribution in [0.1, 0.15) is 16.7 Å². The molecule has 0 atom stereocenters. The maximum Gasteiger partial charge on any atom is 0.174 e. The Morgan fingerprint density at radius 3 is 2.69 bits per heavy atom. The van der Waals surface area contributed by atoms with Gasteiger partial charge >= 0.3 is 0 Å². The quantitative estimate of drug-likeness (QED) is 0.406. The van der Waals surface area contributed by atoms with Crippen molar-refractivity contribution in [2.75, 3.05) is 0 Å². The lowest BCUT2D eigenvalue weighted by molar-refractivity contribution is -0.375. The third-order valence-corrected chi connectivity index (χ3v) is 5.65. The van der Waals surface area contributed by atoms with E-state index in [-0.39, 0.29) is 0 Å². The van der Waals surface area contributed by atoms with Gasteiger partial charge in [0, 0.05) is 62.4 Å². The van der Waals surface area contributed by atoms with E-state index in [4.69, 9.17) is 4.99 Å². The van der Waals surface area contributed by atoms with Crippen molar-refractivity contribution >= 4 is 44.7 Å². The number of para-hydroxylation sites is 2. The normalized spacial score (nSPS) is 14.5. The molecule has 0 amide bonds. The lowest BCUT2D eigenvalue weighted by atomic mass is 9.88. The van der Waals surface area contributed by atoms with Gasteiger partial charge in [0.1, 0.15) is 0 Å². The van der Waals surface area contributed by atoms with Crippen LogP contribution in [0.4, 0.5) is 5.69 Å². The fourth-order valence-corrected chi connectivity index (χ4v) is 4.31. The zero-order valence-electron chi connectivity index (χ0n) is 15.7. The fourth-order valence-electron chi connectivity index (χ4n) is 4.31. The number of nitrogens with one attached hydrogen (secondary N) is 2. The topological polar surface area (TPSA) is 42.3 Å². The van der Waals surface area contributed by atoms with E-state index in [0.717, 1.165) is 16.8 Å². The summed E-state index contributed by atoms with van der Waals surface area (Å²) in [5.74, 6) is 0. The van der Waals surface area contributed by atoms with Crippen LogP contribution in [0.15, 0.2) is 96.4 Å². The van der Waals surface area contributed by atoms with Gasteiger partial charge in [0.15, 0.2) is 12.4 Å². The average molecular weight is 372 g/mol. The van der Waals surface area contributed by atoms with Crippen LogP contribution < -0.4 is 4.98 Å². The first kappa shape index (κ1) is 16.0. The summed E-state index contributed by atoms with van der Waals surface area (Å²) in [7, 11) is 0. The molecule has 0 spiro atoms. The first-order valence-corrected chi connectivity index (χ1v) is 9.73. The van der Waals surface area contributed by atoms with E-state index in [1.807, 2.05) is 24.7 Å². The molecule has 2 aromatic heterocycles. The van der Waals surface area contributed by atoms with Gasteiger partial charge in [0.25, 0.3) is 0 Å². The number of fused-ring (bicyclic) bond motifs is 3. The number of allylic oxidation sites excluding steroid dienone is 1. The van der Waals surface area contributed by atoms with E-state index in [9.17, 15) is 0 Å². The summed E-state index contributed by atoms with van der Waals surface area (Å²) in [6, 6.07) is 25.4. The molecule has 0 saturated carbocycles. The third-order valence-electron chi connectivity index (χ3n) is 5.65. The molecular weight excluding hydrogens is 354 g/mol. The Hall–Kier alpha value is -3.98. The maximum atomic E-state index is 4.70. The van der Waals surface area contributed by atoms with Crippen molar-refractivity contribution in [3.8, 4) is 0 Å². The summed E-state index contributed by atoms with van der Waals surface area (Å²) in [5, 5.41) is 3.62. The molecule has 6 rings (SSSR count). The number of H-pyrrole nitrogens is 2. The molecular formula is C26H18N3+. The summed E-state index contributed by atoms with van der Waals surface area (Å²) in [6.07, 6.45) is 8.17. The van der Waals surface area contributed by atoms with Crippen molar-refractivity contribution in [3.05, 3.63) is 108 Å². The largest absolute Gasteiger partial charge is 0.361 e. The van der Waals surface area contributed by atoms with Gasteiger partial charge in [-0.3, -0.25) is 4.99 Å². The van der Waals surface area contributed by atoms with Crippen molar-refractivity contribution in [2.45, 2.75) is 0 Å². The summed E-state index contributed by atoms with van der Waals surface area (Å²) >= 11 is 0. The van der Waals surface area contributed by atoms with E-state index >= 15 is 0 Å². The highest BCUT2D eigenvalue weighted by Crippen LogP contribution is 2.42. The Morgan fingerprint density at radius 1 is 0.793 bits per heavy atom. The van der Waals surface area contributed by atoms with Crippen LogP contribution in [0.5, 0.6) is 0 Å². The molecule has 3 aromatic carbocycles. The van der Waals surface area contributed by atoms with E-state index in [2.05, 4.69) is 82.9 Å². The Morgan fingerprint density at radius 2 is 1.69 bits per heavy atom. The molecule has 0 aliphatic carbocycles. The van der Waals surface area contributed by atoms with Crippen LogP contribution in [-0.4, -0.2) is 11.2 Å². The Bertz CT molecular complexity index is 1450. The van der Waals surface area contributed by atoms with Gasteiger partial charge in [-0.1, -0.05) is 48.5 Å². The molecule has 3 nitrogen and oxygen atoms in total. The Labute approximate surface area is 168 Å². The summed E-state index contributed by atoms with van der Waals surface area (Å²) in [6.45, 7) is 0.